The van der Waals surface area contributed by atoms with Crippen molar-refractivity contribution in [3.8, 4) is 11.6 Å². The second-order valence-corrected chi connectivity index (χ2v) is 5.79. The van der Waals surface area contributed by atoms with Crippen LogP contribution in [0.1, 0.15) is 5.56 Å². The Morgan fingerprint density at radius 1 is 1.27 bits per heavy atom. The van der Waals surface area contributed by atoms with Crippen molar-refractivity contribution in [2.45, 2.75) is 13.5 Å². The van der Waals surface area contributed by atoms with Crippen LogP contribution < -0.4 is 4.74 Å². The van der Waals surface area contributed by atoms with Crippen LogP contribution in [0.15, 0.2) is 71.4 Å². The molecule has 1 heterocycles. The average Bonchev–Trinajstić information content (AvgIpc) is 2.90. The van der Waals surface area contributed by atoms with Gasteiger partial charge in [-0.25, -0.2) is 0 Å². The first kappa shape index (κ1) is 17.4. The third-order valence-corrected chi connectivity index (χ3v) is 3.84. The molecule has 0 bridgehead atoms. The highest BCUT2D eigenvalue weighted by Gasteiger charge is 2.15. The number of hydrogen-bond donors (Lipinski definition) is 1. The van der Waals surface area contributed by atoms with Crippen molar-refractivity contribution >= 4 is 22.5 Å². The largest absolute Gasteiger partial charge is 0.493 e. The van der Waals surface area contributed by atoms with Gasteiger partial charge < -0.3 is 14.4 Å². The summed E-state index contributed by atoms with van der Waals surface area (Å²) in [6.07, 6.45) is 1.67. The van der Waals surface area contributed by atoms with Crippen LogP contribution in [0.3, 0.4) is 0 Å². The summed E-state index contributed by atoms with van der Waals surface area (Å²) in [5, 5.41) is 18.8. The highest BCUT2D eigenvalue weighted by molar-refractivity contribution is 5.95. The maximum atomic E-state index is 12.0. The molecule has 3 aromatic rings. The Balaban J connectivity index is 1.78. The smallest absolute Gasteiger partial charge is 0.302 e. The number of aryl methyl sites for hydroxylation is 1. The second-order valence-electron chi connectivity index (χ2n) is 5.79. The molecule has 0 radical (unpaired) electrons. The number of ether oxygens (including phenoxy) is 1. The lowest BCUT2D eigenvalue weighted by molar-refractivity contribution is -0.120. The van der Waals surface area contributed by atoms with Crippen molar-refractivity contribution in [2.24, 2.45) is 10.2 Å². The summed E-state index contributed by atoms with van der Waals surface area (Å²) in [6.45, 7) is 5.83. The number of rotatable bonds is 6. The van der Waals surface area contributed by atoms with Crippen LogP contribution in [0, 0.1) is 6.92 Å². The number of benzene rings is 2. The van der Waals surface area contributed by atoms with Gasteiger partial charge in [-0.2, -0.15) is 0 Å². The molecule has 26 heavy (non-hydrogen) atoms. The molecule has 3 rings (SSSR count). The molecule has 1 aromatic heterocycles. The number of carbonyl (C=O) groups is 1. The van der Waals surface area contributed by atoms with Crippen LogP contribution in [-0.2, 0) is 11.3 Å². The minimum absolute atomic E-state index is 0.0535. The number of fused-ring (bicyclic) bond motifs is 1. The lowest BCUT2D eigenvalue weighted by Crippen LogP contribution is -2.07. The van der Waals surface area contributed by atoms with Crippen LogP contribution in [0.5, 0.6) is 11.6 Å². The molecule has 0 saturated heterocycles. The Bertz CT molecular complexity index is 989. The van der Waals surface area contributed by atoms with E-state index in [1.165, 1.54) is 0 Å². The first-order chi connectivity index (χ1) is 12.6. The molecular formula is C20H19N3O3. The van der Waals surface area contributed by atoms with E-state index in [0.29, 0.717) is 17.7 Å². The molecule has 6 nitrogen and oxygen atoms in total. The summed E-state index contributed by atoms with van der Waals surface area (Å²) in [4.78, 5) is 12.0. The molecule has 0 unspecified atom stereocenters. The van der Waals surface area contributed by atoms with E-state index in [4.69, 9.17) is 4.74 Å². The van der Waals surface area contributed by atoms with E-state index < -0.39 is 5.91 Å². The van der Waals surface area contributed by atoms with Crippen molar-refractivity contribution in [3.05, 3.63) is 66.7 Å². The Morgan fingerprint density at radius 3 is 2.85 bits per heavy atom. The number of amides is 1. The fourth-order valence-corrected chi connectivity index (χ4v) is 2.67. The molecule has 0 aliphatic carbocycles. The van der Waals surface area contributed by atoms with Gasteiger partial charge in [0.25, 0.3) is 0 Å². The third-order valence-electron chi connectivity index (χ3n) is 3.84. The van der Waals surface area contributed by atoms with Crippen molar-refractivity contribution in [3.63, 3.8) is 0 Å². The minimum atomic E-state index is -0.536. The molecule has 0 fully saturated rings. The molecular weight excluding hydrogens is 330 g/mol. The Morgan fingerprint density at radius 2 is 2.08 bits per heavy atom. The second kappa shape index (κ2) is 7.65. The minimum Gasteiger partial charge on any atom is -0.493 e. The van der Waals surface area contributed by atoms with Crippen molar-refractivity contribution in [2.75, 3.05) is 6.61 Å². The van der Waals surface area contributed by atoms with Gasteiger partial charge in [0, 0.05) is 11.9 Å². The molecule has 132 valence electrons. The number of hydrogen-bond acceptors (Lipinski definition) is 4. The summed E-state index contributed by atoms with van der Waals surface area (Å²) >= 11 is 0. The van der Waals surface area contributed by atoms with Gasteiger partial charge in [-0.1, -0.05) is 36.4 Å². The molecule has 1 amide bonds. The van der Waals surface area contributed by atoms with Crippen LogP contribution in [0.2, 0.25) is 0 Å². The molecule has 0 saturated carbocycles. The number of aromatic hydroxyl groups is 1. The van der Waals surface area contributed by atoms with E-state index in [9.17, 15) is 9.90 Å². The predicted octanol–water partition coefficient (Wildman–Crippen LogP) is 4.53. The standard InChI is InChI=1S/C20H19N3O3/c1-3-11-23-17-10-5-4-9-16(17)19(20(23)25)22-21-18(24)13-26-15-8-6-7-14(2)12-15/h3-10,12,25H,1,11,13H2,2H3. The van der Waals surface area contributed by atoms with Gasteiger partial charge in [-0.15, -0.1) is 16.8 Å². The van der Waals surface area contributed by atoms with Crippen LogP contribution in [0.4, 0.5) is 5.69 Å². The highest BCUT2D eigenvalue weighted by Crippen LogP contribution is 2.38. The zero-order valence-corrected chi connectivity index (χ0v) is 14.4. The van der Waals surface area contributed by atoms with E-state index in [-0.39, 0.29) is 18.2 Å². The van der Waals surface area contributed by atoms with E-state index >= 15 is 0 Å². The summed E-state index contributed by atoms with van der Waals surface area (Å²) in [6, 6.07) is 14.8. The quantitative estimate of drug-likeness (QED) is 0.525. The third kappa shape index (κ3) is 3.64. The zero-order valence-electron chi connectivity index (χ0n) is 14.4. The monoisotopic (exact) mass is 349 g/mol. The first-order valence-corrected chi connectivity index (χ1v) is 8.15. The van der Waals surface area contributed by atoms with E-state index in [1.54, 1.807) is 16.7 Å². The molecule has 0 atom stereocenters. The number of para-hydroxylation sites is 1. The first-order valence-electron chi connectivity index (χ1n) is 8.15. The van der Waals surface area contributed by atoms with Crippen molar-refractivity contribution < 1.29 is 14.6 Å². The Labute approximate surface area is 151 Å². The van der Waals surface area contributed by atoms with Crippen LogP contribution in [-0.4, -0.2) is 22.2 Å². The fraction of sp³-hybridized carbons (Fsp3) is 0.150. The lowest BCUT2D eigenvalue weighted by Gasteiger charge is -2.03. The van der Waals surface area contributed by atoms with Gasteiger partial charge >= 0.3 is 5.91 Å². The predicted molar refractivity (Wildman–Crippen MR) is 100.0 cm³/mol. The van der Waals surface area contributed by atoms with Gasteiger partial charge in [0.2, 0.25) is 5.88 Å². The number of carbonyl (C=O) groups excluding carboxylic acids is 1. The summed E-state index contributed by atoms with van der Waals surface area (Å²) in [5.41, 5.74) is 2.09. The van der Waals surface area contributed by atoms with Gasteiger partial charge in [-0.05, 0) is 30.7 Å². The average molecular weight is 349 g/mol. The molecule has 2 aromatic carbocycles. The van der Waals surface area contributed by atoms with Crippen LogP contribution >= 0.6 is 0 Å². The lowest BCUT2D eigenvalue weighted by atomic mass is 10.2. The fourth-order valence-electron chi connectivity index (χ4n) is 2.67. The number of nitrogens with zero attached hydrogens (tertiary/aromatic N) is 3. The number of allylic oxidation sites excluding steroid dienone is 1. The van der Waals surface area contributed by atoms with E-state index in [1.807, 2.05) is 49.4 Å². The summed E-state index contributed by atoms with van der Waals surface area (Å²) in [5.74, 6) is 0.00712. The van der Waals surface area contributed by atoms with Gasteiger partial charge in [0.15, 0.2) is 12.3 Å². The van der Waals surface area contributed by atoms with Gasteiger partial charge in [-0.3, -0.25) is 4.79 Å². The van der Waals surface area contributed by atoms with Gasteiger partial charge in [0.05, 0.1) is 5.52 Å². The van der Waals surface area contributed by atoms with Crippen LogP contribution in [0.25, 0.3) is 10.9 Å². The number of aromatic nitrogens is 1. The van der Waals surface area contributed by atoms with E-state index in [0.717, 1.165) is 11.1 Å². The zero-order chi connectivity index (χ0) is 18.5. The normalized spacial score (nSPS) is 11.1. The maximum absolute atomic E-state index is 12.0. The molecule has 6 heteroatoms. The van der Waals surface area contributed by atoms with Crippen molar-refractivity contribution in [1.29, 1.82) is 0 Å². The van der Waals surface area contributed by atoms with Gasteiger partial charge in [0.1, 0.15) is 5.75 Å². The summed E-state index contributed by atoms with van der Waals surface area (Å²) in [7, 11) is 0. The van der Waals surface area contributed by atoms with E-state index in [2.05, 4.69) is 16.8 Å². The topological polar surface area (TPSA) is 76.2 Å². The summed E-state index contributed by atoms with van der Waals surface area (Å²) < 4.78 is 7.07. The maximum Gasteiger partial charge on any atom is 0.302 e. The molecule has 0 aliphatic rings. The molecule has 0 aliphatic heterocycles. The SMILES string of the molecule is C=CCn1c(O)c(N=NC(=O)COc2cccc(C)c2)c2ccccc21. The number of azo groups is 1. The molecule has 0 spiro atoms. The molecule has 1 N–H and O–H groups in total. The Hall–Kier alpha value is -3.41. The highest BCUT2D eigenvalue weighted by atomic mass is 16.5. The Kier molecular flexibility index (Phi) is 5.12. The van der Waals surface area contributed by atoms with Crippen molar-refractivity contribution in [1.82, 2.24) is 4.57 Å².